The number of nitrogens with two attached hydrogens (primary N) is 1. The molecule has 176 valence electrons. The van der Waals surface area contributed by atoms with Gasteiger partial charge in [0.2, 0.25) is 0 Å². The molecule has 0 aromatic heterocycles. The molecule has 0 radical (unpaired) electrons. The first kappa shape index (κ1) is 24.1. The van der Waals surface area contributed by atoms with Crippen LogP contribution in [0.2, 0.25) is 5.02 Å². The zero-order valence-corrected chi connectivity index (χ0v) is 21.0. The van der Waals surface area contributed by atoms with Gasteiger partial charge in [0.1, 0.15) is 5.75 Å². The van der Waals surface area contributed by atoms with E-state index in [1.165, 1.54) is 12.8 Å². The van der Waals surface area contributed by atoms with E-state index in [1.807, 2.05) is 31.2 Å². The van der Waals surface area contributed by atoms with Gasteiger partial charge >= 0.3 is 0 Å². The zero-order chi connectivity index (χ0) is 23.8. The molecule has 1 aliphatic carbocycles. The van der Waals surface area contributed by atoms with E-state index < -0.39 is 5.54 Å². The average molecular weight is 466 g/mol. The van der Waals surface area contributed by atoms with Crippen molar-refractivity contribution in [2.75, 3.05) is 6.61 Å². The maximum Gasteiger partial charge on any atom is 0.128 e. The molecule has 0 spiro atoms. The quantitative estimate of drug-likeness (QED) is 0.415. The number of fused-ring (bicyclic) bond motifs is 1. The molecule has 0 unspecified atom stereocenters. The highest BCUT2D eigenvalue weighted by Gasteiger charge is 2.31. The molecule has 1 saturated carbocycles. The Hall–Kier alpha value is -2.07. The minimum atomic E-state index is -0.786. The lowest BCUT2D eigenvalue weighted by molar-refractivity contribution is 0.0887. The number of hydrogen-bond acceptors (Lipinski definition) is 3. The molecule has 1 fully saturated rings. The van der Waals surface area contributed by atoms with Gasteiger partial charge in [0.15, 0.2) is 0 Å². The summed E-state index contributed by atoms with van der Waals surface area (Å²) in [7, 11) is 0. The summed E-state index contributed by atoms with van der Waals surface area (Å²) in [6.07, 6.45) is 4.79. The van der Waals surface area contributed by atoms with Crippen molar-refractivity contribution in [3.8, 4) is 16.9 Å². The second-order valence-electron chi connectivity index (χ2n) is 10.9. The summed E-state index contributed by atoms with van der Waals surface area (Å²) < 4.78 is 6.66. The summed E-state index contributed by atoms with van der Waals surface area (Å²) >= 11 is 6.37. The van der Waals surface area contributed by atoms with Crippen molar-refractivity contribution in [1.82, 2.24) is 0 Å². The molecule has 3 aromatic rings. The lowest BCUT2D eigenvalue weighted by Crippen LogP contribution is -2.36. The molecule has 3 aromatic carbocycles. The van der Waals surface area contributed by atoms with Crippen LogP contribution < -0.4 is 10.5 Å². The molecular formula is C29H36ClNO2. The average Bonchev–Trinajstić information content (AvgIpc) is 2.78. The van der Waals surface area contributed by atoms with Crippen LogP contribution in [0, 0.1) is 11.3 Å². The molecule has 1 atom stereocenters. The summed E-state index contributed by atoms with van der Waals surface area (Å²) in [4.78, 5) is 0. The Kier molecular flexibility index (Phi) is 6.77. The Bertz CT molecular complexity index is 1120. The predicted molar refractivity (Wildman–Crippen MR) is 139 cm³/mol. The summed E-state index contributed by atoms with van der Waals surface area (Å²) in [5, 5.41) is 12.6. The van der Waals surface area contributed by atoms with Crippen molar-refractivity contribution in [3.05, 3.63) is 65.2 Å². The highest BCUT2D eigenvalue weighted by molar-refractivity contribution is 6.31. The van der Waals surface area contributed by atoms with E-state index in [9.17, 15) is 5.11 Å². The number of aliphatic hydroxyl groups excluding tert-OH is 1. The van der Waals surface area contributed by atoms with Gasteiger partial charge in [-0.05, 0) is 90.1 Å². The monoisotopic (exact) mass is 465 g/mol. The minimum absolute atomic E-state index is 0.113. The summed E-state index contributed by atoms with van der Waals surface area (Å²) in [6, 6.07) is 18.3. The van der Waals surface area contributed by atoms with Gasteiger partial charge in [0.05, 0.1) is 18.2 Å². The number of rotatable bonds is 5. The van der Waals surface area contributed by atoms with E-state index >= 15 is 0 Å². The highest BCUT2D eigenvalue weighted by atomic mass is 35.5. The van der Waals surface area contributed by atoms with E-state index in [2.05, 4.69) is 51.1 Å². The fourth-order valence-electron chi connectivity index (χ4n) is 5.02. The maximum absolute atomic E-state index is 9.72. The van der Waals surface area contributed by atoms with Gasteiger partial charge in [0, 0.05) is 10.6 Å². The van der Waals surface area contributed by atoms with Gasteiger partial charge in [-0.15, -0.1) is 0 Å². The molecule has 3 N–H and O–H groups in total. The molecule has 0 heterocycles. The highest BCUT2D eigenvalue weighted by Crippen LogP contribution is 2.42. The molecule has 0 aliphatic heterocycles. The van der Waals surface area contributed by atoms with Gasteiger partial charge in [-0.3, -0.25) is 0 Å². The number of ether oxygens (including phenoxy) is 1. The van der Waals surface area contributed by atoms with Crippen LogP contribution in [0.3, 0.4) is 0 Å². The first-order valence-corrected chi connectivity index (χ1v) is 12.4. The molecule has 1 aliphatic rings. The van der Waals surface area contributed by atoms with Crippen LogP contribution in [-0.2, 0) is 5.54 Å². The first-order chi connectivity index (χ1) is 15.6. The smallest absolute Gasteiger partial charge is 0.128 e. The predicted octanol–water partition coefficient (Wildman–Crippen LogP) is 7.31. The van der Waals surface area contributed by atoms with E-state index in [-0.39, 0.29) is 12.7 Å². The third-order valence-electron chi connectivity index (χ3n) is 7.28. The Morgan fingerprint density at radius 2 is 1.70 bits per heavy atom. The topological polar surface area (TPSA) is 55.5 Å². The summed E-state index contributed by atoms with van der Waals surface area (Å²) in [6.45, 7) is 8.76. The lowest BCUT2D eigenvalue weighted by Gasteiger charge is -2.37. The van der Waals surface area contributed by atoms with Crippen LogP contribution in [0.5, 0.6) is 5.75 Å². The second-order valence-corrected chi connectivity index (χ2v) is 11.4. The second kappa shape index (κ2) is 9.29. The van der Waals surface area contributed by atoms with Gasteiger partial charge in [-0.2, -0.15) is 0 Å². The molecule has 4 heteroatoms. The van der Waals surface area contributed by atoms with Crippen LogP contribution in [0.4, 0.5) is 0 Å². The first-order valence-electron chi connectivity index (χ1n) is 12.0. The molecule has 0 bridgehead atoms. The van der Waals surface area contributed by atoms with Crippen molar-refractivity contribution < 1.29 is 9.84 Å². The number of aliphatic hydroxyl groups is 1. The molecule has 0 saturated heterocycles. The number of halogens is 1. The fraction of sp³-hybridized carbons (Fsp3) is 0.448. The van der Waals surface area contributed by atoms with E-state index in [4.69, 9.17) is 22.1 Å². The standard InChI is InChI=1S/C29H36ClNO2/c1-28(2,3)21-9-12-24(13-10-21)33-26-15-8-19-16-22(29(4,31)18-32)11-14-25(19)27(26)20-6-5-7-23(30)17-20/h5-8,11,14-17,21,24,32H,9-10,12-13,18,31H2,1-4H3/t21-,24-,29-/m0/s1. The summed E-state index contributed by atoms with van der Waals surface area (Å²) in [5.41, 5.74) is 8.87. The normalized spacial score (nSPS) is 21.1. The Labute approximate surface area is 202 Å². The Morgan fingerprint density at radius 1 is 0.970 bits per heavy atom. The van der Waals surface area contributed by atoms with Crippen molar-refractivity contribution in [2.24, 2.45) is 17.1 Å². The zero-order valence-electron chi connectivity index (χ0n) is 20.2. The van der Waals surface area contributed by atoms with Crippen LogP contribution in [0.15, 0.2) is 54.6 Å². The SMILES string of the molecule is CC(C)(C)[C@H]1CC[C@H](Oc2ccc3cc([C@@](C)(N)CO)ccc3c2-c2cccc(Cl)c2)CC1. The Balaban J connectivity index is 1.73. The van der Waals surface area contributed by atoms with E-state index in [0.29, 0.717) is 10.4 Å². The van der Waals surface area contributed by atoms with E-state index in [0.717, 1.165) is 52.0 Å². The Morgan fingerprint density at radius 3 is 2.33 bits per heavy atom. The molecule has 33 heavy (non-hydrogen) atoms. The van der Waals surface area contributed by atoms with E-state index in [1.54, 1.807) is 0 Å². The molecule has 4 rings (SSSR count). The maximum atomic E-state index is 9.72. The largest absolute Gasteiger partial charge is 0.490 e. The number of benzene rings is 3. The van der Waals surface area contributed by atoms with Crippen molar-refractivity contribution in [2.45, 2.75) is 65.0 Å². The van der Waals surface area contributed by atoms with Gasteiger partial charge in [0.25, 0.3) is 0 Å². The third kappa shape index (κ3) is 5.21. The van der Waals surface area contributed by atoms with Gasteiger partial charge in [-0.25, -0.2) is 0 Å². The van der Waals surface area contributed by atoms with Crippen LogP contribution in [0.25, 0.3) is 21.9 Å². The number of hydrogen-bond donors (Lipinski definition) is 2. The molecule has 0 amide bonds. The molecular weight excluding hydrogens is 430 g/mol. The fourth-order valence-corrected chi connectivity index (χ4v) is 5.21. The van der Waals surface area contributed by atoms with Crippen LogP contribution >= 0.6 is 11.6 Å². The van der Waals surface area contributed by atoms with Gasteiger partial charge in [-0.1, -0.05) is 62.7 Å². The minimum Gasteiger partial charge on any atom is -0.490 e. The van der Waals surface area contributed by atoms with Crippen molar-refractivity contribution in [1.29, 1.82) is 0 Å². The lowest BCUT2D eigenvalue weighted by atomic mass is 9.72. The molecule has 3 nitrogen and oxygen atoms in total. The third-order valence-corrected chi connectivity index (χ3v) is 7.51. The van der Waals surface area contributed by atoms with Crippen molar-refractivity contribution in [3.63, 3.8) is 0 Å². The van der Waals surface area contributed by atoms with Gasteiger partial charge < -0.3 is 15.6 Å². The van der Waals surface area contributed by atoms with Crippen LogP contribution in [-0.4, -0.2) is 17.8 Å². The van der Waals surface area contributed by atoms with Crippen LogP contribution in [0.1, 0.15) is 58.9 Å². The van der Waals surface area contributed by atoms with Crippen molar-refractivity contribution >= 4 is 22.4 Å². The summed E-state index contributed by atoms with van der Waals surface area (Å²) in [5.74, 6) is 1.64.